The Morgan fingerprint density at radius 3 is 2.22 bits per heavy atom. The summed E-state index contributed by atoms with van der Waals surface area (Å²) in [4.78, 5) is 12.9. The van der Waals surface area contributed by atoms with Crippen molar-refractivity contribution in [2.75, 3.05) is 20.8 Å². The Kier molecular flexibility index (Phi) is 6.10. The van der Waals surface area contributed by atoms with Gasteiger partial charge in [-0.25, -0.2) is 0 Å². The van der Waals surface area contributed by atoms with Crippen LogP contribution in [0.5, 0.6) is 46.0 Å². The number of hydrogen-bond acceptors (Lipinski definition) is 11. The molecule has 5 rings (SSSR count). The summed E-state index contributed by atoms with van der Waals surface area (Å²) in [6.07, 6.45) is -4.74. The molecule has 11 nitrogen and oxygen atoms in total. The van der Waals surface area contributed by atoms with Gasteiger partial charge < -0.3 is 49.2 Å². The van der Waals surface area contributed by atoms with E-state index < -0.39 is 42.6 Å². The predicted octanol–water partition coefficient (Wildman–Crippen LogP) is 2.37. The van der Waals surface area contributed by atoms with Crippen LogP contribution in [0.4, 0.5) is 0 Å². The average Bonchev–Trinajstić information content (AvgIpc) is 2.89. The molecule has 0 radical (unpaired) electrons. The van der Waals surface area contributed by atoms with Crippen molar-refractivity contribution in [3.8, 4) is 46.0 Å². The topological polar surface area (TPSA) is 164 Å². The first-order valence-corrected chi connectivity index (χ1v) is 11.2. The number of phenolic OH excluding ortho intramolecular Hbond substituents is 3. The van der Waals surface area contributed by atoms with E-state index in [0.717, 1.165) is 12.1 Å². The Hall–Kier alpha value is -4.35. The van der Waals surface area contributed by atoms with Gasteiger partial charge in [-0.15, -0.1) is 0 Å². The Balaban J connectivity index is 1.54. The molecule has 4 atom stereocenters. The molecule has 37 heavy (non-hydrogen) atoms. The van der Waals surface area contributed by atoms with Gasteiger partial charge in [-0.05, 0) is 18.2 Å². The molecule has 5 N–H and O–H groups in total. The fraction of sp³-hybridized carbons (Fsp3) is 0.269. The number of aliphatic hydroxyl groups is 2. The highest BCUT2D eigenvalue weighted by atomic mass is 16.6. The molecule has 0 fully saturated rings. The van der Waals surface area contributed by atoms with Crippen LogP contribution in [0.25, 0.3) is 0 Å². The van der Waals surface area contributed by atoms with Gasteiger partial charge >= 0.3 is 0 Å². The van der Waals surface area contributed by atoms with Crippen LogP contribution in [0.15, 0.2) is 42.5 Å². The van der Waals surface area contributed by atoms with Crippen molar-refractivity contribution in [1.29, 1.82) is 0 Å². The number of carbonyl (C=O) groups excluding carboxylic acids is 1. The number of Topliss-reactive ketones (excluding diaryl/α,β-unsaturated/α-hetero) is 1. The van der Waals surface area contributed by atoms with Gasteiger partial charge in [0.2, 0.25) is 11.5 Å². The zero-order valence-corrected chi connectivity index (χ0v) is 19.7. The van der Waals surface area contributed by atoms with Crippen molar-refractivity contribution in [3.05, 3.63) is 59.2 Å². The number of fused-ring (bicyclic) bond motifs is 2. The first-order chi connectivity index (χ1) is 17.8. The van der Waals surface area contributed by atoms with E-state index in [1.807, 2.05) is 0 Å². The van der Waals surface area contributed by atoms with Gasteiger partial charge in [-0.1, -0.05) is 12.1 Å². The van der Waals surface area contributed by atoms with E-state index in [9.17, 15) is 30.3 Å². The number of carbonyl (C=O) groups is 1. The minimum absolute atomic E-state index is 0.105. The molecule has 2 aliphatic rings. The van der Waals surface area contributed by atoms with E-state index in [1.165, 1.54) is 26.4 Å². The highest BCUT2D eigenvalue weighted by Gasteiger charge is 2.43. The van der Waals surface area contributed by atoms with Crippen molar-refractivity contribution >= 4 is 5.78 Å². The molecular weight excluding hydrogens is 488 g/mol. The summed E-state index contributed by atoms with van der Waals surface area (Å²) in [7, 11) is 2.77. The fourth-order valence-corrected chi connectivity index (χ4v) is 4.54. The van der Waals surface area contributed by atoms with Crippen LogP contribution in [0.2, 0.25) is 0 Å². The maximum absolute atomic E-state index is 12.9. The van der Waals surface area contributed by atoms with Crippen LogP contribution >= 0.6 is 0 Å². The molecule has 0 spiro atoms. The normalized spacial score (nSPS) is 22.1. The van der Waals surface area contributed by atoms with Crippen molar-refractivity contribution in [3.63, 3.8) is 0 Å². The minimum atomic E-state index is -1.70. The summed E-state index contributed by atoms with van der Waals surface area (Å²) in [5, 5.41) is 51.1. The number of aliphatic hydroxyl groups excluding tert-OH is 2. The van der Waals surface area contributed by atoms with Crippen molar-refractivity contribution < 1.29 is 54.0 Å². The van der Waals surface area contributed by atoms with Gasteiger partial charge in [-0.2, -0.15) is 0 Å². The number of hydrogen-bond donors (Lipinski definition) is 5. The van der Waals surface area contributed by atoms with E-state index in [4.69, 9.17) is 23.7 Å². The Labute approximate surface area is 210 Å². The summed E-state index contributed by atoms with van der Waals surface area (Å²) < 4.78 is 28.6. The average molecular weight is 512 g/mol. The molecule has 0 unspecified atom stereocenters. The molecular formula is C26H24O11. The highest BCUT2D eigenvalue weighted by Crippen LogP contribution is 2.49. The number of rotatable bonds is 5. The molecule has 0 aliphatic carbocycles. The molecule has 0 bridgehead atoms. The van der Waals surface area contributed by atoms with Gasteiger partial charge in [0.1, 0.15) is 22.8 Å². The number of benzene rings is 3. The van der Waals surface area contributed by atoms with E-state index >= 15 is 0 Å². The Morgan fingerprint density at radius 2 is 1.57 bits per heavy atom. The minimum Gasteiger partial charge on any atom is -0.508 e. The third-order valence-corrected chi connectivity index (χ3v) is 6.31. The zero-order valence-electron chi connectivity index (χ0n) is 19.7. The van der Waals surface area contributed by atoms with Crippen molar-refractivity contribution in [1.82, 2.24) is 0 Å². The lowest BCUT2D eigenvalue weighted by molar-refractivity contribution is -0.0185. The molecule has 2 aliphatic heterocycles. The Bertz CT molecular complexity index is 1340. The molecule has 0 saturated heterocycles. The monoisotopic (exact) mass is 512 g/mol. The van der Waals surface area contributed by atoms with Crippen molar-refractivity contribution in [2.24, 2.45) is 0 Å². The van der Waals surface area contributed by atoms with Gasteiger partial charge in [0.15, 0.2) is 47.4 Å². The molecule has 3 aromatic rings. The molecule has 2 heterocycles. The van der Waals surface area contributed by atoms with Crippen LogP contribution in [-0.4, -0.2) is 64.4 Å². The van der Waals surface area contributed by atoms with Crippen LogP contribution in [-0.2, 0) is 0 Å². The molecule has 11 heteroatoms. The number of ketones is 1. The number of phenols is 3. The van der Waals surface area contributed by atoms with E-state index in [0.29, 0.717) is 5.56 Å². The smallest absolute Gasteiger partial charge is 0.202 e. The molecule has 0 saturated carbocycles. The van der Waals surface area contributed by atoms with Crippen LogP contribution in [0.3, 0.4) is 0 Å². The van der Waals surface area contributed by atoms with E-state index in [-0.39, 0.29) is 51.4 Å². The van der Waals surface area contributed by atoms with Gasteiger partial charge in [0, 0.05) is 23.3 Å². The van der Waals surface area contributed by atoms with Gasteiger partial charge in [-0.3, -0.25) is 4.79 Å². The van der Waals surface area contributed by atoms with Crippen LogP contribution < -0.4 is 23.7 Å². The highest BCUT2D eigenvalue weighted by molar-refractivity contribution is 6.05. The second kappa shape index (κ2) is 9.26. The van der Waals surface area contributed by atoms with Gasteiger partial charge in [0.25, 0.3) is 0 Å². The van der Waals surface area contributed by atoms with E-state index in [2.05, 4.69) is 0 Å². The lowest BCUT2D eigenvalue weighted by Crippen LogP contribution is -2.39. The lowest BCUT2D eigenvalue weighted by atomic mass is 9.91. The predicted molar refractivity (Wildman–Crippen MR) is 126 cm³/mol. The fourth-order valence-electron chi connectivity index (χ4n) is 4.54. The quantitative estimate of drug-likeness (QED) is 0.341. The van der Waals surface area contributed by atoms with E-state index in [1.54, 1.807) is 18.2 Å². The van der Waals surface area contributed by atoms with Crippen LogP contribution in [0.1, 0.15) is 33.7 Å². The summed E-state index contributed by atoms with van der Waals surface area (Å²) in [6, 6.07) is 10.00. The van der Waals surface area contributed by atoms with Crippen LogP contribution in [0, 0.1) is 0 Å². The summed E-state index contributed by atoms with van der Waals surface area (Å²) >= 11 is 0. The zero-order chi connectivity index (χ0) is 26.4. The molecule has 0 aromatic heterocycles. The summed E-state index contributed by atoms with van der Waals surface area (Å²) in [6.45, 7) is -0.471. The second-order valence-electron chi connectivity index (χ2n) is 8.51. The Morgan fingerprint density at radius 1 is 0.892 bits per heavy atom. The number of ether oxygens (including phenoxy) is 5. The lowest BCUT2D eigenvalue weighted by Gasteiger charge is -2.37. The molecule has 3 aromatic carbocycles. The standard InChI is InChI=1S/C26H24O11/c1-33-17-6-11(7-18(34-2)21(17)30)24-19(10-27)37-25-13(4-3-5-15(25)35-24)26-23(32)22(31)20-14(29)8-12(28)9-16(20)36-26/h3-9,19,23-24,26-30,32H,10H2,1-2H3/t19-,23+,24+,26-/m1/s1. The summed E-state index contributed by atoms with van der Waals surface area (Å²) in [5.74, 6) is -1.28. The first-order valence-electron chi connectivity index (χ1n) is 11.2. The molecule has 0 amide bonds. The maximum Gasteiger partial charge on any atom is 0.202 e. The number of aromatic hydroxyl groups is 3. The molecule has 194 valence electrons. The summed E-state index contributed by atoms with van der Waals surface area (Å²) in [5.41, 5.74) is 0.502. The first kappa shape index (κ1) is 24.3. The number of para-hydroxylation sites is 1. The number of methoxy groups -OCH3 is 2. The van der Waals surface area contributed by atoms with Gasteiger partial charge in [0.05, 0.1) is 20.8 Å². The largest absolute Gasteiger partial charge is 0.508 e. The SMILES string of the molecule is COc1cc([C@@H]2Oc3cccc([C@H]4Oc5cc(O)cc(O)c5C(=O)[C@@H]4O)c3O[C@@H]2CO)cc(OC)c1O. The second-order valence-corrected chi connectivity index (χ2v) is 8.51. The third-order valence-electron chi connectivity index (χ3n) is 6.31. The van der Waals surface area contributed by atoms with Crippen molar-refractivity contribution in [2.45, 2.75) is 24.4 Å². The third kappa shape index (κ3) is 3.98. The maximum atomic E-state index is 12.9.